The molecule has 0 saturated carbocycles. The molecule has 0 aromatic heterocycles. The molecule has 150 valence electrons. The van der Waals surface area contributed by atoms with E-state index in [0.717, 1.165) is 6.42 Å². The highest BCUT2D eigenvalue weighted by Gasteiger charge is 2.03. The van der Waals surface area contributed by atoms with E-state index in [4.69, 9.17) is 0 Å². The lowest BCUT2D eigenvalue weighted by atomic mass is 10.1. The molecule has 0 aliphatic rings. The van der Waals surface area contributed by atoms with Crippen LogP contribution in [0.25, 0.3) is 0 Å². The van der Waals surface area contributed by atoms with Gasteiger partial charge in [0.2, 0.25) is 0 Å². The topological polar surface area (TPSA) is 0 Å². The Bertz CT molecular complexity index is 406. The van der Waals surface area contributed by atoms with E-state index in [1.54, 1.807) is 0 Å². The van der Waals surface area contributed by atoms with E-state index in [2.05, 4.69) is 62.5 Å². The van der Waals surface area contributed by atoms with Gasteiger partial charge in [0, 0.05) is 9.79 Å². The lowest BCUT2D eigenvalue weighted by Crippen LogP contribution is -1.88. The number of unbranched alkanes of at least 4 members (excludes halogenated alkanes) is 10. The lowest BCUT2D eigenvalue weighted by molar-refractivity contribution is 0.627. The molecule has 0 amide bonds. The van der Waals surface area contributed by atoms with Crippen LogP contribution in [-0.4, -0.2) is 11.5 Å². The Morgan fingerprint density at radius 1 is 0.538 bits per heavy atom. The average molecular weight is 395 g/mol. The predicted octanol–water partition coefficient (Wildman–Crippen LogP) is 9.15. The van der Waals surface area contributed by atoms with Crippen LogP contribution in [-0.2, 0) is 6.42 Å². The molecule has 0 saturated heterocycles. The summed E-state index contributed by atoms with van der Waals surface area (Å²) in [6, 6.07) is 7.26. The van der Waals surface area contributed by atoms with Crippen molar-refractivity contribution >= 4 is 23.5 Å². The molecule has 1 aromatic carbocycles. The molecule has 0 bridgehead atoms. The van der Waals surface area contributed by atoms with E-state index in [9.17, 15) is 0 Å². The van der Waals surface area contributed by atoms with Crippen molar-refractivity contribution in [2.45, 2.75) is 114 Å². The van der Waals surface area contributed by atoms with Gasteiger partial charge in [-0.3, -0.25) is 0 Å². The first kappa shape index (κ1) is 24.0. The van der Waals surface area contributed by atoms with Gasteiger partial charge in [0.1, 0.15) is 0 Å². The fourth-order valence-electron chi connectivity index (χ4n) is 3.15. The monoisotopic (exact) mass is 394 g/mol. The minimum atomic E-state index is 1.15. The zero-order valence-electron chi connectivity index (χ0n) is 17.7. The molecule has 26 heavy (non-hydrogen) atoms. The van der Waals surface area contributed by atoms with E-state index in [0.29, 0.717) is 0 Å². The van der Waals surface area contributed by atoms with Gasteiger partial charge in [-0.25, -0.2) is 0 Å². The number of rotatable bonds is 17. The van der Waals surface area contributed by atoms with E-state index in [1.807, 2.05) is 0 Å². The van der Waals surface area contributed by atoms with Crippen LogP contribution in [0.3, 0.4) is 0 Å². The van der Waals surface area contributed by atoms with Crippen molar-refractivity contribution in [1.82, 2.24) is 0 Å². The summed E-state index contributed by atoms with van der Waals surface area (Å²) in [6.45, 7) is 6.86. The largest absolute Gasteiger partial charge is 0.126 e. The number of hydrogen-bond donors (Lipinski definition) is 0. The molecular formula is C24H42S2. The standard InChI is InChI=1S/C24H42S2/c1-4-7-9-11-13-15-17-25-23-19-22(6-3)20-24(21-23)26-18-16-14-12-10-8-5-2/h19-21H,4-18H2,1-3H3. The van der Waals surface area contributed by atoms with Crippen LogP contribution in [0.5, 0.6) is 0 Å². The maximum Gasteiger partial charge on any atom is 0.00858 e. The molecule has 1 aromatic rings. The smallest absolute Gasteiger partial charge is 0.00858 e. The van der Waals surface area contributed by atoms with Crippen molar-refractivity contribution in [2.24, 2.45) is 0 Å². The first-order valence-corrected chi connectivity index (χ1v) is 13.2. The van der Waals surface area contributed by atoms with E-state index < -0.39 is 0 Å². The summed E-state index contributed by atoms with van der Waals surface area (Å²) >= 11 is 4.13. The quantitative estimate of drug-likeness (QED) is 0.191. The Labute approximate surface area is 172 Å². The van der Waals surface area contributed by atoms with Crippen molar-refractivity contribution in [3.05, 3.63) is 23.8 Å². The van der Waals surface area contributed by atoms with Crippen LogP contribution < -0.4 is 0 Å². The molecule has 0 atom stereocenters. The zero-order valence-corrected chi connectivity index (χ0v) is 19.3. The summed E-state index contributed by atoms with van der Waals surface area (Å²) in [5.74, 6) is 2.56. The molecule has 0 aliphatic heterocycles. The summed E-state index contributed by atoms with van der Waals surface area (Å²) in [5.41, 5.74) is 1.50. The van der Waals surface area contributed by atoms with Crippen LogP contribution in [0, 0.1) is 0 Å². The Morgan fingerprint density at radius 2 is 0.962 bits per heavy atom. The Morgan fingerprint density at radius 3 is 1.38 bits per heavy atom. The second-order valence-electron chi connectivity index (χ2n) is 7.40. The Hall–Kier alpha value is -0.0800. The third kappa shape index (κ3) is 12.3. The first-order valence-electron chi connectivity index (χ1n) is 11.2. The van der Waals surface area contributed by atoms with Crippen LogP contribution in [0.4, 0.5) is 0 Å². The molecule has 0 fully saturated rings. The van der Waals surface area contributed by atoms with Crippen molar-refractivity contribution in [3.8, 4) is 0 Å². The number of hydrogen-bond acceptors (Lipinski definition) is 2. The second kappa shape index (κ2) is 17.0. The number of benzene rings is 1. The highest BCUT2D eigenvalue weighted by atomic mass is 32.2. The maximum absolute atomic E-state index is 2.43. The van der Waals surface area contributed by atoms with Crippen molar-refractivity contribution in [2.75, 3.05) is 11.5 Å². The minimum absolute atomic E-state index is 1.15. The van der Waals surface area contributed by atoms with Gasteiger partial charge in [-0.15, -0.1) is 23.5 Å². The zero-order chi connectivity index (χ0) is 18.9. The molecule has 1 rings (SSSR count). The summed E-state index contributed by atoms with van der Waals surface area (Å²) < 4.78 is 0. The molecule has 0 nitrogen and oxygen atoms in total. The van der Waals surface area contributed by atoms with Crippen LogP contribution in [0.2, 0.25) is 0 Å². The maximum atomic E-state index is 2.43. The summed E-state index contributed by atoms with van der Waals surface area (Å²) in [5, 5.41) is 0. The number of thioether (sulfide) groups is 2. The third-order valence-corrected chi connectivity index (χ3v) is 7.00. The van der Waals surface area contributed by atoms with Crippen LogP contribution in [0.1, 0.15) is 103 Å². The Balaban J connectivity index is 2.28. The highest BCUT2D eigenvalue weighted by Crippen LogP contribution is 2.29. The molecule has 0 radical (unpaired) electrons. The minimum Gasteiger partial charge on any atom is -0.126 e. The van der Waals surface area contributed by atoms with Gasteiger partial charge in [0.15, 0.2) is 0 Å². The normalized spacial score (nSPS) is 11.2. The lowest BCUT2D eigenvalue weighted by Gasteiger charge is -2.09. The molecule has 0 N–H and O–H groups in total. The fraction of sp³-hybridized carbons (Fsp3) is 0.750. The van der Waals surface area contributed by atoms with E-state index >= 15 is 0 Å². The summed E-state index contributed by atoms with van der Waals surface area (Å²) in [6.07, 6.45) is 17.9. The number of aryl methyl sites for hydroxylation is 1. The molecule has 0 spiro atoms. The molecule has 0 aliphatic carbocycles. The van der Waals surface area contributed by atoms with Crippen LogP contribution in [0.15, 0.2) is 28.0 Å². The highest BCUT2D eigenvalue weighted by molar-refractivity contribution is 8.00. The van der Waals surface area contributed by atoms with Crippen molar-refractivity contribution < 1.29 is 0 Å². The van der Waals surface area contributed by atoms with Crippen molar-refractivity contribution in [3.63, 3.8) is 0 Å². The van der Waals surface area contributed by atoms with Gasteiger partial charge in [-0.1, -0.05) is 85.0 Å². The second-order valence-corrected chi connectivity index (χ2v) is 9.74. The average Bonchev–Trinajstić information content (AvgIpc) is 2.66. The SMILES string of the molecule is CCCCCCCCSc1cc(CC)cc(SCCCCCCCC)c1. The molecule has 0 unspecified atom stereocenters. The van der Waals surface area contributed by atoms with E-state index in [1.165, 1.54) is 104 Å². The molecular weight excluding hydrogens is 352 g/mol. The molecule has 2 heteroatoms. The van der Waals surface area contributed by atoms with Crippen LogP contribution >= 0.6 is 23.5 Å². The van der Waals surface area contributed by atoms with Gasteiger partial charge in [-0.2, -0.15) is 0 Å². The summed E-state index contributed by atoms with van der Waals surface area (Å²) in [4.78, 5) is 2.98. The summed E-state index contributed by atoms with van der Waals surface area (Å²) in [7, 11) is 0. The third-order valence-electron chi connectivity index (χ3n) is 4.88. The predicted molar refractivity (Wildman–Crippen MR) is 124 cm³/mol. The van der Waals surface area contributed by atoms with Gasteiger partial charge in [0.25, 0.3) is 0 Å². The van der Waals surface area contributed by atoms with Crippen molar-refractivity contribution in [1.29, 1.82) is 0 Å². The first-order chi connectivity index (χ1) is 12.8. The Kier molecular flexibility index (Phi) is 15.7. The molecule has 0 heterocycles. The van der Waals surface area contributed by atoms with Gasteiger partial charge >= 0.3 is 0 Å². The van der Waals surface area contributed by atoms with Gasteiger partial charge in [-0.05, 0) is 54.5 Å². The fourth-order valence-corrected chi connectivity index (χ4v) is 5.28. The van der Waals surface area contributed by atoms with E-state index in [-0.39, 0.29) is 0 Å². The van der Waals surface area contributed by atoms with Gasteiger partial charge < -0.3 is 0 Å². The van der Waals surface area contributed by atoms with Gasteiger partial charge in [0.05, 0.1) is 0 Å².